The molecular weight excluding hydrogens is 246 g/mol. The minimum absolute atomic E-state index is 0.484. The molecule has 0 amide bonds. The average Bonchev–Trinajstić information content (AvgIpc) is 2.46. The van der Waals surface area contributed by atoms with Crippen molar-refractivity contribution in [2.75, 3.05) is 20.3 Å². The minimum atomic E-state index is -0.874. The van der Waals surface area contributed by atoms with Gasteiger partial charge >= 0.3 is 5.97 Å². The van der Waals surface area contributed by atoms with Crippen LogP contribution in [0.15, 0.2) is 24.3 Å². The van der Waals surface area contributed by atoms with E-state index < -0.39 is 11.5 Å². The number of nitrogens with one attached hydrogen (secondary N) is 1. The molecule has 2 N–H and O–H groups in total. The minimum Gasteiger partial charge on any atom is -0.497 e. The van der Waals surface area contributed by atoms with E-state index >= 15 is 0 Å². The number of ether oxygens (including phenoxy) is 2. The zero-order chi connectivity index (χ0) is 13.7. The summed E-state index contributed by atoms with van der Waals surface area (Å²) in [6.07, 6.45) is 0.985. The van der Waals surface area contributed by atoms with Crippen LogP contribution in [0, 0.1) is 0 Å². The van der Waals surface area contributed by atoms with Crippen molar-refractivity contribution in [3.63, 3.8) is 0 Å². The molecule has 104 valence electrons. The van der Waals surface area contributed by atoms with Crippen LogP contribution in [0.2, 0.25) is 0 Å². The first-order chi connectivity index (χ1) is 9.16. The second-order valence-corrected chi connectivity index (χ2v) is 4.70. The summed E-state index contributed by atoms with van der Waals surface area (Å²) in [7, 11) is 1.61. The van der Waals surface area contributed by atoms with E-state index in [0.29, 0.717) is 32.6 Å². The van der Waals surface area contributed by atoms with Crippen LogP contribution in [0.5, 0.6) is 5.75 Å². The molecule has 1 aromatic carbocycles. The fourth-order valence-electron chi connectivity index (χ4n) is 2.24. The second-order valence-electron chi connectivity index (χ2n) is 4.70. The Morgan fingerprint density at radius 2 is 2.21 bits per heavy atom. The van der Waals surface area contributed by atoms with E-state index in [1.54, 1.807) is 7.11 Å². The van der Waals surface area contributed by atoms with Crippen LogP contribution in [0.3, 0.4) is 0 Å². The summed E-state index contributed by atoms with van der Waals surface area (Å²) >= 11 is 0. The highest BCUT2D eigenvalue weighted by atomic mass is 16.5. The molecule has 1 saturated heterocycles. The third-order valence-corrected chi connectivity index (χ3v) is 3.52. The molecule has 0 aromatic heterocycles. The Labute approximate surface area is 112 Å². The van der Waals surface area contributed by atoms with Gasteiger partial charge in [0.2, 0.25) is 0 Å². The SMILES string of the molecule is COc1cccc(CNC2(C(=O)O)CCOCC2)c1. The fourth-order valence-corrected chi connectivity index (χ4v) is 2.24. The number of hydrogen-bond donors (Lipinski definition) is 2. The number of hydrogen-bond acceptors (Lipinski definition) is 4. The van der Waals surface area contributed by atoms with Crippen molar-refractivity contribution in [1.82, 2.24) is 5.32 Å². The molecule has 2 rings (SSSR count). The van der Waals surface area contributed by atoms with E-state index in [1.165, 1.54) is 0 Å². The van der Waals surface area contributed by atoms with Gasteiger partial charge in [0.05, 0.1) is 7.11 Å². The molecule has 5 heteroatoms. The van der Waals surface area contributed by atoms with E-state index in [0.717, 1.165) is 11.3 Å². The van der Waals surface area contributed by atoms with Gasteiger partial charge in [-0.1, -0.05) is 12.1 Å². The van der Waals surface area contributed by atoms with Crippen molar-refractivity contribution in [2.24, 2.45) is 0 Å². The topological polar surface area (TPSA) is 67.8 Å². The smallest absolute Gasteiger partial charge is 0.324 e. The third kappa shape index (κ3) is 3.24. The molecule has 19 heavy (non-hydrogen) atoms. The number of aliphatic carboxylic acids is 1. The van der Waals surface area contributed by atoms with Gasteiger partial charge in [0, 0.05) is 19.8 Å². The Morgan fingerprint density at radius 1 is 1.47 bits per heavy atom. The van der Waals surface area contributed by atoms with Gasteiger partial charge in [-0.05, 0) is 30.5 Å². The lowest BCUT2D eigenvalue weighted by Gasteiger charge is -2.34. The molecule has 1 aliphatic rings. The standard InChI is InChI=1S/C14H19NO4/c1-18-12-4-2-3-11(9-12)10-15-14(13(16)17)5-7-19-8-6-14/h2-4,9,15H,5-8,10H2,1H3,(H,16,17). The van der Waals surface area contributed by atoms with Gasteiger partial charge in [-0.2, -0.15) is 0 Å². The molecule has 1 aromatic rings. The number of carboxylic acid groups (broad SMARTS) is 1. The molecule has 0 unspecified atom stereocenters. The zero-order valence-electron chi connectivity index (χ0n) is 11.0. The van der Waals surface area contributed by atoms with Crippen molar-refractivity contribution >= 4 is 5.97 Å². The van der Waals surface area contributed by atoms with E-state index in [2.05, 4.69) is 5.32 Å². The third-order valence-electron chi connectivity index (χ3n) is 3.52. The number of carboxylic acids is 1. The van der Waals surface area contributed by atoms with Crippen molar-refractivity contribution in [2.45, 2.75) is 24.9 Å². The molecule has 0 spiro atoms. The normalized spacial score (nSPS) is 17.9. The first-order valence-electron chi connectivity index (χ1n) is 6.35. The monoisotopic (exact) mass is 265 g/mol. The summed E-state index contributed by atoms with van der Waals surface area (Å²) in [4.78, 5) is 11.5. The molecule has 0 radical (unpaired) electrons. The van der Waals surface area contributed by atoms with Gasteiger partial charge in [-0.25, -0.2) is 0 Å². The molecule has 0 aliphatic carbocycles. The van der Waals surface area contributed by atoms with Gasteiger partial charge in [0.1, 0.15) is 11.3 Å². The summed E-state index contributed by atoms with van der Waals surface area (Å²) in [5, 5.41) is 12.6. The lowest BCUT2D eigenvalue weighted by molar-refractivity contribution is -0.149. The lowest BCUT2D eigenvalue weighted by atomic mass is 9.90. The van der Waals surface area contributed by atoms with Crippen molar-refractivity contribution in [1.29, 1.82) is 0 Å². The lowest BCUT2D eigenvalue weighted by Crippen LogP contribution is -2.55. The molecule has 0 atom stereocenters. The highest BCUT2D eigenvalue weighted by Crippen LogP contribution is 2.22. The van der Waals surface area contributed by atoms with Crippen molar-refractivity contribution < 1.29 is 19.4 Å². The highest BCUT2D eigenvalue weighted by molar-refractivity contribution is 5.78. The maximum atomic E-state index is 11.5. The Balaban J connectivity index is 2.04. The molecule has 0 bridgehead atoms. The quantitative estimate of drug-likeness (QED) is 0.842. The molecule has 0 saturated carbocycles. The summed E-state index contributed by atoms with van der Waals surface area (Å²) in [5.74, 6) is -0.0330. The van der Waals surface area contributed by atoms with Crippen LogP contribution in [-0.4, -0.2) is 36.9 Å². The molecule has 1 aliphatic heterocycles. The number of carbonyl (C=O) groups is 1. The highest BCUT2D eigenvalue weighted by Gasteiger charge is 2.39. The van der Waals surface area contributed by atoms with Gasteiger partial charge in [0.15, 0.2) is 0 Å². The number of benzene rings is 1. The summed E-state index contributed by atoms with van der Waals surface area (Å²) in [6, 6.07) is 7.62. The molecule has 5 nitrogen and oxygen atoms in total. The first kappa shape index (κ1) is 13.8. The number of rotatable bonds is 5. The van der Waals surface area contributed by atoms with E-state index in [-0.39, 0.29) is 0 Å². The second kappa shape index (κ2) is 6.04. The summed E-state index contributed by atoms with van der Waals surface area (Å²) < 4.78 is 10.4. The molecular formula is C14H19NO4. The zero-order valence-corrected chi connectivity index (χ0v) is 11.0. The first-order valence-corrected chi connectivity index (χ1v) is 6.35. The van der Waals surface area contributed by atoms with Crippen LogP contribution in [0.1, 0.15) is 18.4 Å². The summed E-state index contributed by atoms with van der Waals surface area (Å²) in [6.45, 7) is 1.47. The predicted molar refractivity (Wildman–Crippen MR) is 70.3 cm³/mol. The van der Waals surface area contributed by atoms with E-state index in [9.17, 15) is 9.90 Å². The predicted octanol–water partition coefficient (Wildman–Crippen LogP) is 1.42. The Bertz CT molecular complexity index is 441. The molecule has 1 heterocycles. The van der Waals surface area contributed by atoms with Crippen LogP contribution < -0.4 is 10.1 Å². The maximum absolute atomic E-state index is 11.5. The van der Waals surface area contributed by atoms with E-state index in [4.69, 9.17) is 9.47 Å². The molecule has 1 fully saturated rings. The Hall–Kier alpha value is -1.59. The maximum Gasteiger partial charge on any atom is 0.324 e. The largest absolute Gasteiger partial charge is 0.497 e. The van der Waals surface area contributed by atoms with Crippen LogP contribution in [-0.2, 0) is 16.1 Å². The Kier molecular flexibility index (Phi) is 4.39. The Morgan fingerprint density at radius 3 is 2.84 bits per heavy atom. The van der Waals surface area contributed by atoms with Gasteiger partial charge in [-0.15, -0.1) is 0 Å². The van der Waals surface area contributed by atoms with Crippen LogP contribution >= 0.6 is 0 Å². The van der Waals surface area contributed by atoms with Crippen LogP contribution in [0.25, 0.3) is 0 Å². The van der Waals surface area contributed by atoms with E-state index in [1.807, 2.05) is 24.3 Å². The van der Waals surface area contributed by atoms with Crippen molar-refractivity contribution in [3.8, 4) is 5.75 Å². The fraction of sp³-hybridized carbons (Fsp3) is 0.500. The van der Waals surface area contributed by atoms with Crippen molar-refractivity contribution in [3.05, 3.63) is 29.8 Å². The van der Waals surface area contributed by atoms with Crippen LogP contribution in [0.4, 0.5) is 0 Å². The van der Waals surface area contributed by atoms with Gasteiger partial charge < -0.3 is 14.6 Å². The summed E-state index contributed by atoms with van der Waals surface area (Å²) in [5.41, 5.74) is 0.132. The average molecular weight is 265 g/mol. The van der Waals surface area contributed by atoms with Gasteiger partial charge in [0.25, 0.3) is 0 Å². The van der Waals surface area contributed by atoms with Gasteiger partial charge in [-0.3, -0.25) is 10.1 Å². The number of methoxy groups -OCH3 is 1.